The monoisotopic (exact) mass is 355 g/mol. The lowest BCUT2D eigenvalue weighted by Gasteiger charge is -2.46. The summed E-state index contributed by atoms with van der Waals surface area (Å²) in [4.78, 5) is 6.82. The first-order chi connectivity index (χ1) is 10.0. The largest absolute Gasteiger partial charge is 0.379 e. The number of rotatable bonds is 6. The van der Waals surface area contributed by atoms with Crippen LogP contribution >= 0.6 is 15.9 Å². The highest BCUT2D eigenvalue weighted by Gasteiger charge is 2.35. The number of morpholine rings is 1. The number of aromatic nitrogens is 1. The van der Waals surface area contributed by atoms with E-state index in [4.69, 9.17) is 4.74 Å². The topological polar surface area (TPSA) is 37.4 Å². The van der Waals surface area contributed by atoms with Crippen LogP contribution in [0.3, 0.4) is 0 Å². The molecular formula is C16H26BrN3O. The summed E-state index contributed by atoms with van der Waals surface area (Å²) in [6, 6.07) is 2.55. The van der Waals surface area contributed by atoms with Gasteiger partial charge in [0.05, 0.1) is 13.2 Å². The third-order valence-electron chi connectivity index (χ3n) is 4.33. The molecule has 0 radical (unpaired) electrons. The number of hydrogen-bond acceptors (Lipinski definition) is 4. The summed E-state index contributed by atoms with van der Waals surface area (Å²) in [5.74, 6) is 0. The molecule has 2 rings (SSSR count). The van der Waals surface area contributed by atoms with Gasteiger partial charge in [-0.2, -0.15) is 0 Å². The molecule has 4 nitrogen and oxygen atoms in total. The lowest BCUT2D eigenvalue weighted by molar-refractivity contribution is -0.0230. The van der Waals surface area contributed by atoms with Gasteiger partial charge >= 0.3 is 0 Å². The predicted octanol–water partition coefficient (Wildman–Crippen LogP) is 2.48. The van der Waals surface area contributed by atoms with E-state index in [-0.39, 0.29) is 5.54 Å². The molecule has 0 amide bonds. The van der Waals surface area contributed by atoms with Crippen molar-refractivity contribution in [1.29, 1.82) is 0 Å². The van der Waals surface area contributed by atoms with Crippen molar-refractivity contribution in [3.05, 3.63) is 28.5 Å². The summed E-state index contributed by atoms with van der Waals surface area (Å²) in [5, 5.41) is 3.66. The summed E-state index contributed by atoms with van der Waals surface area (Å²) >= 11 is 3.51. The molecule has 1 fully saturated rings. The van der Waals surface area contributed by atoms with Gasteiger partial charge in [0.1, 0.15) is 0 Å². The van der Waals surface area contributed by atoms with Crippen LogP contribution in [0.2, 0.25) is 0 Å². The van der Waals surface area contributed by atoms with Gasteiger partial charge in [0.25, 0.3) is 0 Å². The van der Waals surface area contributed by atoms with Gasteiger partial charge in [0, 0.05) is 41.5 Å². The molecule has 2 heterocycles. The molecule has 1 N–H and O–H groups in total. The maximum absolute atomic E-state index is 5.49. The van der Waals surface area contributed by atoms with E-state index in [1.807, 2.05) is 12.4 Å². The molecule has 1 aromatic rings. The zero-order valence-corrected chi connectivity index (χ0v) is 14.8. The Morgan fingerprint density at radius 3 is 2.71 bits per heavy atom. The molecule has 21 heavy (non-hydrogen) atoms. The average Bonchev–Trinajstić information content (AvgIpc) is 2.48. The Bertz CT molecular complexity index is 447. The van der Waals surface area contributed by atoms with Crippen molar-refractivity contribution < 1.29 is 4.74 Å². The lowest BCUT2D eigenvalue weighted by Crippen LogP contribution is -2.61. The molecule has 1 aliphatic rings. The first-order valence-corrected chi connectivity index (χ1v) is 8.49. The molecule has 118 valence electrons. The van der Waals surface area contributed by atoms with E-state index in [0.29, 0.717) is 6.04 Å². The van der Waals surface area contributed by atoms with E-state index in [0.717, 1.165) is 43.7 Å². The van der Waals surface area contributed by atoms with Gasteiger partial charge in [-0.3, -0.25) is 9.88 Å². The summed E-state index contributed by atoms with van der Waals surface area (Å²) in [7, 11) is 0. The van der Waals surface area contributed by atoms with Gasteiger partial charge in [0.15, 0.2) is 0 Å². The Hall–Kier alpha value is -0.490. The maximum atomic E-state index is 5.49. The quantitative estimate of drug-likeness (QED) is 0.850. The number of ether oxygens (including phenoxy) is 1. The number of pyridine rings is 1. The summed E-state index contributed by atoms with van der Waals surface area (Å²) in [6.07, 6.45) is 4.77. The molecular weight excluding hydrogens is 330 g/mol. The molecule has 0 spiro atoms. The maximum Gasteiger partial charge on any atom is 0.0594 e. The van der Waals surface area contributed by atoms with Crippen molar-refractivity contribution in [1.82, 2.24) is 15.2 Å². The van der Waals surface area contributed by atoms with E-state index in [9.17, 15) is 0 Å². The third-order valence-corrected chi connectivity index (χ3v) is 4.76. The molecule has 1 aliphatic heterocycles. The second-order valence-corrected chi connectivity index (χ2v) is 6.99. The first-order valence-electron chi connectivity index (χ1n) is 7.69. The van der Waals surface area contributed by atoms with Gasteiger partial charge in [0.2, 0.25) is 0 Å². The minimum atomic E-state index is 0.0854. The molecule has 1 atom stereocenters. The summed E-state index contributed by atoms with van der Waals surface area (Å²) in [6.45, 7) is 11.5. The van der Waals surface area contributed by atoms with Gasteiger partial charge in [-0.1, -0.05) is 6.92 Å². The molecule has 0 saturated carbocycles. The SMILES string of the molecule is CCNC(Cc1cncc(Br)c1)C(C)(C)N1CCOCC1. The predicted molar refractivity (Wildman–Crippen MR) is 89.6 cm³/mol. The van der Waals surface area contributed by atoms with E-state index < -0.39 is 0 Å². The van der Waals surface area contributed by atoms with Crippen LogP contribution in [-0.2, 0) is 11.2 Å². The molecule has 5 heteroatoms. The fourth-order valence-corrected chi connectivity index (χ4v) is 3.39. The number of nitrogens with one attached hydrogen (secondary N) is 1. The highest BCUT2D eigenvalue weighted by atomic mass is 79.9. The van der Waals surface area contributed by atoms with Crippen molar-refractivity contribution in [3.8, 4) is 0 Å². The smallest absolute Gasteiger partial charge is 0.0594 e. The van der Waals surface area contributed by atoms with Crippen molar-refractivity contribution in [3.63, 3.8) is 0 Å². The molecule has 1 unspecified atom stereocenters. The van der Waals surface area contributed by atoms with Crippen LogP contribution in [0.15, 0.2) is 22.9 Å². The number of hydrogen-bond donors (Lipinski definition) is 1. The Labute approximate surface area is 136 Å². The summed E-state index contributed by atoms with van der Waals surface area (Å²) < 4.78 is 6.53. The number of halogens is 1. The Kier molecular flexibility index (Phi) is 6.17. The van der Waals surface area contributed by atoms with Crippen LogP contribution in [0, 0.1) is 0 Å². The van der Waals surface area contributed by atoms with Crippen LogP contribution in [0.5, 0.6) is 0 Å². The molecule has 0 bridgehead atoms. The first kappa shape index (κ1) is 16.9. The third kappa shape index (κ3) is 4.49. The van der Waals surface area contributed by atoms with E-state index in [1.165, 1.54) is 5.56 Å². The molecule has 1 saturated heterocycles. The zero-order valence-electron chi connectivity index (χ0n) is 13.2. The fraction of sp³-hybridized carbons (Fsp3) is 0.688. The molecule has 0 aromatic carbocycles. The van der Waals surface area contributed by atoms with Crippen LogP contribution in [0.25, 0.3) is 0 Å². The normalized spacial score (nSPS) is 18.7. The zero-order chi connectivity index (χ0) is 15.3. The second-order valence-electron chi connectivity index (χ2n) is 6.08. The van der Waals surface area contributed by atoms with Crippen molar-refractivity contribution in [2.75, 3.05) is 32.8 Å². The molecule has 1 aromatic heterocycles. The highest BCUT2D eigenvalue weighted by Crippen LogP contribution is 2.24. The number of likely N-dealkylation sites (N-methyl/N-ethyl adjacent to an activating group) is 1. The highest BCUT2D eigenvalue weighted by molar-refractivity contribution is 9.10. The van der Waals surface area contributed by atoms with Crippen molar-refractivity contribution in [2.45, 2.75) is 38.8 Å². The van der Waals surface area contributed by atoms with Gasteiger partial charge in [-0.05, 0) is 54.4 Å². The van der Waals surface area contributed by atoms with E-state index in [2.05, 4.69) is 58.0 Å². The Morgan fingerprint density at radius 2 is 2.10 bits per heavy atom. The van der Waals surface area contributed by atoms with E-state index in [1.54, 1.807) is 0 Å². The van der Waals surface area contributed by atoms with Gasteiger partial charge in [-0.25, -0.2) is 0 Å². The minimum absolute atomic E-state index is 0.0854. The van der Waals surface area contributed by atoms with Crippen LogP contribution in [-0.4, -0.2) is 54.3 Å². The summed E-state index contributed by atoms with van der Waals surface area (Å²) in [5.41, 5.74) is 1.35. The number of nitrogens with zero attached hydrogens (tertiary/aromatic N) is 2. The minimum Gasteiger partial charge on any atom is -0.379 e. The lowest BCUT2D eigenvalue weighted by atomic mass is 9.87. The second kappa shape index (κ2) is 7.68. The van der Waals surface area contributed by atoms with Crippen LogP contribution in [0.1, 0.15) is 26.3 Å². The average molecular weight is 356 g/mol. The fourth-order valence-electron chi connectivity index (χ4n) is 2.98. The van der Waals surface area contributed by atoms with Crippen molar-refractivity contribution in [2.24, 2.45) is 0 Å². The molecule has 0 aliphatic carbocycles. The van der Waals surface area contributed by atoms with Crippen LogP contribution in [0.4, 0.5) is 0 Å². The van der Waals surface area contributed by atoms with Gasteiger partial charge < -0.3 is 10.1 Å². The van der Waals surface area contributed by atoms with Crippen LogP contribution < -0.4 is 5.32 Å². The van der Waals surface area contributed by atoms with Crippen molar-refractivity contribution >= 4 is 15.9 Å². The standard InChI is InChI=1S/C16H26BrN3O/c1-4-19-15(10-13-9-14(17)12-18-11-13)16(2,3)20-5-7-21-8-6-20/h9,11-12,15,19H,4-8,10H2,1-3H3. The van der Waals surface area contributed by atoms with Gasteiger partial charge in [-0.15, -0.1) is 0 Å². The Morgan fingerprint density at radius 1 is 1.38 bits per heavy atom. The Balaban J connectivity index is 2.12. The van der Waals surface area contributed by atoms with E-state index >= 15 is 0 Å².